The molecule has 0 saturated carbocycles. The molecule has 126 valence electrons. The number of aromatic nitrogens is 2. The summed E-state index contributed by atoms with van der Waals surface area (Å²) in [7, 11) is 0. The molecule has 0 saturated heterocycles. The number of nitrogens with zero attached hydrogens (tertiary/aromatic N) is 2. The zero-order chi connectivity index (χ0) is 17.2. The molecule has 1 heterocycles. The maximum atomic E-state index is 10.2. The van der Waals surface area contributed by atoms with Gasteiger partial charge in [-0.1, -0.05) is 23.7 Å². The molecule has 0 amide bonds. The molecule has 0 aliphatic carbocycles. The molecule has 0 aliphatic rings. The molecule has 0 aliphatic heterocycles. The van der Waals surface area contributed by atoms with E-state index in [0.29, 0.717) is 18.1 Å². The average molecular weight is 336 g/mol. The maximum Gasteiger partial charge on any atom is 0.0914 e. The van der Waals surface area contributed by atoms with Crippen molar-refractivity contribution < 1.29 is 5.11 Å². The Kier molecular flexibility index (Phi) is 5.50. The van der Waals surface area contributed by atoms with E-state index in [2.05, 4.69) is 42.8 Å². The largest absolute Gasteiger partial charge is 0.387 e. The first kappa shape index (κ1) is 18.0. The fourth-order valence-electron chi connectivity index (χ4n) is 2.72. The van der Waals surface area contributed by atoms with Crippen LogP contribution in [-0.4, -0.2) is 21.4 Å². The zero-order valence-corrected chi connectivity index (χ0v) is 15.3. The van der Waals surface area contributed by atoms with Gasteiger partial charge in [0.15, 0.2) is 0 Å². The van der Waals surface area contributed by atoms with Crippen LogP contribution in [0.3, 0.4) is 0 Å². The van der Waals surface area contributed by atoms with Gasteiger partial charge in [-0.3, -0.25) is 4.68 Å². The molecule has 2 N–H and O–H groups in total. The topological polar surface area (TPSA) is 50.1 Å². The van der Waals surface area contributed by atoms with Crippen LogP contribution >= 0.6 is 11.6 Å². The number of halogens is 1. The molecule has 1 atom stereocenters. The van der Waals surface area contributed by atoms with E-state index < -0.39 is 6.10 Å². The number of rotatable bonds is 5. The Labute approximate surface area is 143 Å². The Morgan fingerprint density at radius 1 is 1.22 bits per heavy atom. The van der Waals surface area contributed by atoms with Gasteiger partial charge in [-0.25, -0.2) is 0 Å². The first-order valence-electron chi connectivity index (χ1n) is 7.90. The minimum Gasteiger partial charge on any atom is -0.387 e. The second-order valence-electron chi connectivity index (χ2n) is 6.93. The van der Waals surface area contributed by atoms with Gasteiger partial charge in [-0.2, -0.15) is 5.10 Å². The summed E-state index contributed by atoms with van der Waals surface area (Å²) in [6, 6.07) is 7.29. The molecule has 23 heavy (non-hydrogen) atoms. The lowest BCUT2D eigenvalue weighted by atomic mass is 10.1. The lowest BCUT2D eigenvalue weighted by Crippen LogP contribution is -2.25. The Morgan fingerprint density at radius 2 is 1.83 bits per heavy atom. The molecule has 2 rings (SSSR count). The SMILES string of the molecule is Cc1nn(C(C)(C)C)c(C)c1CNCC(O)c1ccc(Cl)cc1. The molecular formula is C18H26ClN3O. The van der Waals surface area contributed by atoms with Gasteiger partial charge < -0.3 is 10.4 Å². The third-order valence-electron chi connectivity index (χ3n) is 3.97. The predicted octanol–water partition coefficient (Wildman–Crippen LogP) is 3.73. The van der Waals surface area contributed by atoms with Gasteiger partial charge in [0.25, 0.3) is 0 Å². The average Bonchev–Trinajstić information content (AvgIpc) is 2.75. The minimum atomic E-state index is -0.550. The van der Waals surface area contributed by atoms with Crippen molar-refractivity contribution >= 4 is 11.6 Å². The highest BCUT2D eigenvalue weighted by atomic mass is 35.5. The summed E-state index contributed by atoms with van der Waals surface area (Å²) in [5.74, 6) is 0. The molecule has 4 nitrogen and oxygen atoms in total. The van der Waals surface area contributed by atoms with Crippen LogP contribution in [0.1, 0.15) is 49.4 Å². The number of aliphatic hydroxyl groups excluding tert-OH is 1. The van der Waals surface area contributed by atoms with Crippen LogP contribution in [0.2, 0.25) is 5.02 Å². The van der Waals surface area contributed by atoms with Crippen LogP contribution in [-0.2, 0) is 12.1 Å². The number of aliphatic hydroxyl groups is 1. The summed E-state index contributed by atoms with van der Waals surface area (Å²) < 4.78 is 2.06. The van der Waals surface area contributed by atoms with E-state index in [-0.39, 0.29) is 5.54 Å². The third-order valence-corrected chi connectivity index (χ3v) is 4.22. The van der Waals surface area contributed by atoms with Crippen molar-refractivity contribution in [1.29, 1.82) is 0 Å². The monoisotopic (exact) mass is 335 g/mol. The normalized spacial score (nSPS) is 13.3. The fourth-order valence-corrected chi connectivity index (χ4v) is 2.85. The van der Waals surface area contributed by atoms with E-state index >= 15 is 0 Å². The van der Waals surface area contributed by atoms with Crippen molar-refractivity contribution in [3.8, 4) is 0 Å². The first-order chi connectivity index (χ1) is 10.7. The highest BCUT2D eigenvalue weighted by Crippen LogP contribution is 2.21. The molecule has 5 heteroatoms. The first-order valence-corrected chi connectivity index (χ1v) is 8.27. The quantitative estimate of drug-likeness (QED) is 0.875. The molecule has 2 aromatic rings. The van der Waals surface area contributed by atoms with Crippen LogP contribution in [0.5, 0.6) is 0 Å². The number of benzene rings is 1. The molecule has 1 aromatic heterocycles. The molecule has 0 spiro atoms. The molecular weight excluding hydrogens is 310 g/mol. The van der Waals surface area contributed by atoms with Gasteiger partial charge in [-0.05, 0) is 52.3 Å². The van der Waals surface area contributed by atoms with Crippen LogP contribution in [0.4, 0.5) is 0 Å². The van der Waals surface area contributed by atoms with E-state index in [1.807, 2.05) is 19.1 Å². The molecule has 0 bridgehead atoms. The lowest BCUT2D eigenvalue weighted by molar-refractivity contribution is 0.174. The Bertz CT molecular complexity index is 656. The van der Waals surface area contributed by atoms with Crippen molar-refractivity contribution in [2.24, 2.45) is 0 Å². The van der Waals surface area contributed by atoms with Gasteiger partial charge in [0, 0.05) is 29.4 Å². The van der Waals surface area contributed by atoms with Crippen molar-refractivity contribution in [2.75, 3.05) is 6.54 Å². The van der Waals surface area contributed by atoms with E-state index in [0.717, 1.165) is 11.3 Å². The summed E-state index contributed by atoms with van der Waals surface area (Å²) >= 11 is 5.87. The second kappa shape index (κ2) is 7.04. The van der Waals surface area contributed by atoms with E-state index in [1.54, 1.807) is 12.1 Å². The van der Waals surface area contributed by atoms with Crippen LogP contribution < -0.4 is 5.32 Å². The molecule has 1 aromatic carbocycles. The van der Waals surface area contributed by atoms with Gasteiger partial charge in [0.2, 0.25) is 0 Å². The molecule has 0 radical (unpaired) electrons. The van der Waals surface area contributed by atoms with Crippen molar-refractivity contribution in [3.63, 3.8) is 0 Å². The summed E-state index contributed by atoms with van der Waals surface area (Å²) in [6.45, 7) is 11.7. The fraction of sp³-hybridized carbons (Fsp3) is 0.500. The molecule has 1 unspecified atom stereocenters. The van der Waals surface area contributed by atoms with Crippen molar-refractivity contribution in [2.45, 2.75) is 52.8 Å². The zero-order valence-electron chi connectivity index (χ0n) is 14.5. The third kappa shape index (κ3) is 4.34. The second-order valence-corrected chi connectivity index (χ2v) is 7.37. The van der Waals surface area contributed by atoms with Gasteiger partial charge in [0.1, 0.15) is 0 Å². The number of hydrogen-bond donors (Lipinski definition) is 2. The highest BCUT2D eigenvalue weighted by Gasteiger charge is 2.20. The van der Waals surface area contributed by atoms with E-state index in [4.69, 9.17) is 11.6 Å². The number of aryl methyl sites for hydroxylation is 1. The van der Waals surface area contributed by atoms with Crippen molar-refractivity contribution in [3.05, 3.63) is 51.8 Å². The lowest BCUT2D eigenvalue weighted by Gasteiger charge is -2.21. The van der Waals surface area contributed by atoms with E-state index in [9.17, 15) is 5.11 Å². The smallest absolute Gasteiger partial charge is 0.0914 e. The summed E-state index contributed by atoms with van der Waals surface area (Å²) in [5, 5.41) is 18.9. The Morgan fingerprint density at radius 3 is 2.35 bits per heavy atom. The summed E-state index contributed by atoms with van der Waals surface area (Å²) in [6.07, 6.45) is -0.550. The van der Waals surface area contributed by atoms with Crippen LogP contribution in [0.15, 0.2) is 24.3 Å². The number of nitrogens with one attached hydrogen (secondary N) is 1. The summed E-state index contributed by atoms with van der Waals surface area (Å²) in [5.41, 5.74) is 4.23. The Balaban J connectivity index is 1.99. The van der Waals surface area contributed by atoms with Gasteiger partial charge in [0.05, 0.1) is 17.3 Å². The maximum absolute atomic E-state index is 10.2. The predicted molar refractivity (Wildman–Crippen MR) is 94.8 cm³/mol. The summed E-state index contributed by atoms with van der Waals surface area (Å²) in [4.78, 5) is 0. The van der Waals surface area contributed by atoms with Crippen molar-refractivity contribution in [1.82, 2.24) is 15.1 Å². The molecule has 0 fully saturated rings. The Hall–Kier alpha value is -1.36. The van der Waals surface area contributed by atoms with Gasteiger partial charge >= 0.3 is 0 Å². The standard InChI is InChI=1S/C18H26ClN3O/c1-12-16(13(2)22(21-12)18(3,4)5)10-20-11-17(23)14-6-8-15(19)9-7-14/h6-9,17,20,23H,10-11H2,1-5H3. The minimum absolute atomic E-state index is 0.0318. The van der Waals surface area contributed by atoms with Crippen LogP contribution in [0, 0.1) is 13.8 Å². The highest BCUT2D eigenvalue weighted by molar-refractivity contribution is 6.30. The number of hydrogen-bond acceptors (Lipinski definition) is 3. The van der Waals surface area contributed by atoms with Gasteiger partial charge in [-0.15, -0.1) is 0 Å². The van der Waals surface area contributed by atoms with Crippen LogP contribution in [0.25, 0.3) is 0 Å². The van der Waals surface area contributed by atoms with E-state index in [1.165, 1.54) is 11.3 Å².